The van der Waals surface area contributed by atoms with Gasteiger partial charge in [0.25, 0.3) is 0 Å². The fourth-order valence-electron chi connectivity index (χ4n) is 3.94. The Balaban J connectivity index is 1.66. The van der Waals surface area contributed by atoms with E-state index in [9.17, 15) is 4.79 Å². The Morgan fingerprint density at radius 2 is 1.81 bits per heavy atom. The van der Waals surface area contributed by atoms with Crippen LogP contribution in [0.2, 0.25) is 0 Å². The van der Waals surface area contributed by atoms with Crippen molar-refractivity contribution in [2.45, 2.75) is 19.4 Å². The van der Waals surface area contributed by atoms with E-state index in [0.717, 1.165) is 76.2 Å². The van der Waals surface area contributed by atoms with Gasteiger partial charge in [0.2, 0.25) is 5.91 Å². The quantitative estimate of drug-likeness (QED) is 0.359. The van der Waals surface area contributed by atoms with Crippen LogP contribution in [0.3, 0.4) is 0 Å². The van der Waals surface area contributed by atoms with E-state index in [1.807, 2.05) is 6.07 Å². The maximum atomic E-state index is 12.1. The molecule has 1 N–H and O–H groups in total. The number of nitrogens with one attached hydrogen (secondary N) is 1. The van der Waals surface area contributed by atoms with Crippen molar-refractivity contribution < 1.29 is 19.0 Å². The van der Waals surface area contributed by atoms with E-state index in [1.165, 1.54) is 11.1 Å². The summed E-state index contributed by atoms with van der Waals surface area (Å²) in [5, 5.41) is 3.50. The molecule has 0 saturated carbocycles. The molecule has 9 heteroatoms. The molecule has 32 heavy (non-hydrogen) atoms. The zero-order chi connectivity index (χ0) is 22.9. The fourth-order valence-corrected chi connectivity index (χ4v) is 3.94. The number of morpholine rings is 1. The third kappa shape index (κ3) is 6.49. The molecule has 0 radical (unpaired) electrons. The average molecular weight is 448 g/mol. The van der Waals surface area contributed by atoms with Gasteiger partial charge in [-0.25, -0.2) is 4.99 Å². The summed E-state index contributed by atoms with van der Waals surface area (Å²) in [5.74, 6) is 2.25. The van der Waals surface area contributed by atoms with Crippen molar-refractivity contribution >= 4 is 11.9 Å². The lowest BCUT2D eigenvalue weighted by Crippen LogP contribution is -2.45. The van der Waals surface area contributed by atoms with Gasteiger partial charge >= 0.3 is 0 Å². The van der Waals surface area contributed by atoms with Crippen molar-refractivity contribution in [2.24, 2.45) is 4.99 Å². The summed E-state index contributed by atoms with van der Waals surface area (Å²) in [6.07, 6.45) is 1.89. The molecule has 9 nitrogen and oxygen atoms in total. The Morgan fingerprint density at radius 3 is 2.47 bits per heavy atom. The first-order valence-electron chi connectivity index (χ1n) is 11.3. The van der Waals surface area contributed by atoms with E-state index in [0.29, 0.717) is 6.54 Å². The number of rotatable bonds is 8. The minimum atomic E-state index is -0.0126. The number of hydrogen-bond acceptors (Lipinski definition) is 6. The Labute approximate surface area is 191 Å². The second-order valence-electron chi connectivity index (χ2n) is 8.31. The molecule has 0 spiro atoms. The van der Waals surface area contributed by atoms with Crippen LogP contribution in [0, 0.1) is 0 Å². The molecule has 1 saturated heterocycles. The topological polar surface area (TPSA) is 78.9 Å². The molecule has 0 bridgehead atoms. The maximum absolute atomic E-state index is 12.1. The van der Waals surface area contributed by atoms with Crippen molar-refractivity contribution in [3.63, 3.8) is 0 Å². The fraction of sp³-hybridized carbons (Fsp3) is 0.652. The van der Waals surface area contributed by atoms with Crippen LogP contribution in [0.25, 0.3) is 0 Å². The predicted octanol–water partition coefficient (Wildman–Crippen LogP) is 0.818. The van der Waals surface area contributed by atoms with E-state index in [1.54, 1.807) is 33.2 Å². The van der Waals surface area contributed by atoms with Gasteiger partial charge in [-0.05, 0) is 42.6 Å². The van der Waals surface area contributed by atoms with Crippen LogP contribution >= 0.6 is 0 Å². The van der Waals surface area contributed by atoms with Crippen molar-refractivity contribution in [3.05, 3.63) is 23.3 Å². The number of fused-ring (bicyclic) bond motifs is 1. The monoisotopic (exact) mass is 447 g/mol. The average Bonchev–Trinajstić information content (AvgIpc) is 2.82. The molecule has 0 unspecified atom stereocenters. The zero-order valence-corrected chi connectivity index (χ0v) is 19.9. The SMILES string of the molecule is COc1cc2c(cc1OC)CN(C(=NCC(=O)N(C)C)NCCCN1CCOCC1)CC2. The molecular formula is C23H37N5O4. The molecule has 1 amide bonds. The van der Waals surface area contributed by atoms with Crippen LogP contribution in [-0.4, -0.2) is 107 Å². The third-order valence-electron chi connectivity index (χ3n) is 5.92. The Hall–Kier alpha value is -2.52. The molecule has 2 aliphatic heterocycles. The highest BCUT2D eigenvalue weighted by atomic mass is 16.5. The lowest BCUT2D eigenvalue weighted by Gasteiger charge is -2.32. The number of methoxy groups -OCH3 is 2. The van der Waals surface area contributed by atoms with Gasteiger partial charge in [-0.3, -0.25) is 9.69 Å². The van der Waals surface area contributed by atoms with Gasteiger partial charge in [0.05, 0.1) is 27.4 Å². The zero-order valence-electron chi connectivity index (χ0n) is 19.9. The van der Waals surface area contributed by atoms with Crippen LogP contribution in [0.4, 0.5) is 0 Å². The highest BCUT2D eigenvalue weighted by Gasteiger charge is 2.22. The van der Waals surface area contributed by atoms with Crippen LogP contribution < -0.4 is 14.8 Å². The molecular weight excluding hydrogens is 410 g/mol. The van der Waals surface area contributed by atoms with E-state index < -0.39 is 0 Å². The highest BCUT2D eigenvalue weighted by Crippen LogP contribution is 2.33. The number of ether oxygens (including phenoxy) is 3. The second kappa shape index (κ2) is 11.9. The molecule has 178 valence electrons. The first-order valence-corrected chi connectivity index (χ1v) is 11.3. The number of carbonyl (C=O) groups excluding carboxylic acids is 1. The lowest BCUT2D eigenvalue weighted by atomic mass is 9.99. The van der Waals surface area contributed by atoms with Crippen LogP contribution in [0.1, 0.15) is 17.5 Å². The van der Waals surface area contributed by atoms with Crippen molar-refractivity contribution in [1.29, 1.82) is 0 Å². The first-order chi connectivity index (χ1) is 15.5. The summed E-state index contributed by atoms with van der Waals surface area (Å²) < 4.78 is 16.4. The summed E-state index contributed by atoms with van der Waals surface area (Å²) in [7, 11) is 6.82. The number of nitrogens with zero attached hydrogens (tertiary/aromatic N) is 4. The van der Waals surface area contributed by atoms with Gasteiger partial charge in [0.15, 0.2) is 17.5 Å². The number of aliphatic imine (C=N–C) groups is 1. The molecule has 0 atom stereocenters. The minimum absolute atomic E-state index is 0.0126. The van der Waals surface area contributed by atoms with Gasteiger partial charge < -0.3 is 29.3 Å². The van der Waals surface area contributed by atoms with E-state index in [2.05, 4.69) is 26.2 Å². The number of guanidine groups is 1. The largest absolute Gasteiger partial charge is 0.493 e. The summed E-state index contributed by atoms with van der Waals surface area (Å²) in [6, 6.07) is 4.11. The van der Waals surface area contributed by atoms with Crippen molar-refractivity contribution in [3.8, 4) is 11.5 Å². The van der Waals surface area contributed by atoms with Gasteiger partial charge in [-0.15, -0.1) is 0 Å². The summed E-state index contributed by atoms with van der Waals surface area (Å²) in [6.45, 7) is 7.12. The number of amides is 1. The van der Waals surface area contributed by atoms with Crippen molar-refractivity contribution in [1.82, 2.24) is 20.0 Å². The smallest absolute Gasteiger partial charge is 0.243 e. The molecule has 0 aromatic heterocycles. The normalized spacial score (nSPS) is 17.0. The first kappa shape index (κ1) is 24.1. The second-order valence-corrected chi connectivity index (χ2v) is 8.31. The van der Waals surface area contributed by atoms with Gasteiger partial charge in [-0.2, -0.15) is 0 Å². The highest BCUT2D eigenvalue weighted by molar-refractivity contribution is 5.85. The Bertz CT molecular complexity index is 793. The summed E-state index contributed by atoms with van der Waals surface area (Å²) in [4.78, 5) is 23.0. The molecule has 0 aliphatic carbocycles. The van der Waals surface area contributed by atoms with Crippen LogP contribution in [0.15, 0.2) is 17.1 Å². The summed E-state index contributed by atoms with van der Waals surface area (Å²) >= 11 is 0. The van der Waals surface area contributed by atoms with E-state index >= 15 is 0 Å². The predicted molar refractivity (Wildman–Crippen MR) is 125 cm³/mol. The lowest BCUT2D eigenvalue weighted by molar-refractivity contribution is -0.127. The molecule has 1 aromatic rings. The number of benzene rings is 1. The maximum Gasteiger partial charge on any atom is 0.243 e. The van der Waals surface area contributed by atoms with E-state index in [4.69, 9.17) is 14.2 Å². The van der Waals surface area contributed by atoms with Gasteiger partial charge in [-0.1, -0.05) is 0 Å². The third-order valence-corrected chi connectivity index (χ3v) is 5.92. The number of hydrogen-bond donors (Lipinski definition) is 1. The van der Waals surface area contributed by atoms with Gasteiger partial charge in [0, 0.05) is 46.8 Å². The molecule has 2 aliphatic rings. The van der Waals surface area contributed by atoms with Crippen LogP contribution in [0.5, 0.6) is 11.5 Å². The number of likely N-dealkylation sites (N-methyl/N-ethyl adjacent to an activating group) is 1. The number of carbonyl (C=O) groups is 1. The van der Waals surface area contributed by atoms with Gasteiger partial charge in [0.1, 0.15) is 6.54 Å². The molecule has 2 heterocycles. The Morgan fingerprint density at radius 1 is 1.12 bits per heavy atom. The standard InChI is InChI=1S/C23H37N5O4/c1-26(2)22(29)16-25-23(24-7-5-8-27-10-12-32-13-11-27)28-9-6-18-14-20(30-3)21(31-4)15-19(18)17-28/h14-15H,5-13,16-17H2,1-4H3,(H,24,25). The van der Waals surface area contributed by atoms with E-state index in [-0.39, 0.29) is 12.5 Å². The molecule has 3 rings (SSSR count). The van der Waals surface area contributed by atoms with Crippen molar-refractivity contribution in [2.75, 3.05) is 80.8 Å². The molecule has 1 aromatic carbocycles. The molecule has 1 fully saturated rings. The van der Waals surface area contributed by atoms with Crippen LogP contribution in [-0.2, 0) is 22.5 Å². The Kier molecular flexibility index (Phi) is 8.99. The summed E-state index contributed by atoms with van der Waals surface area (Å²) in [5.41, 5.74) is 2.45. The minimum Gasteiger partial charge on any atom is -0.493 e.